The minimum absolute atomic E-state index is 0.0191. The summed E-state index contributed by atoms with van der Waals surface area (Å²) in [5, 5.41) is 0.330. The molecule has 2 bridgehead atoms. The quantitative estimate of drug-likeness (QED) is 0.761. The van der Waals surface area contributed by atoms with Gasteiger partial charge in [0.1, 0.15) is 0 Å². The zero-order chi connectivity index (χ0) is 18.8. The molecule has 1 aromatic rings. The minimum Gasteiger partial charge on any atom is -0.375 e. The van der Waals surface area contributed by atoms with E-state index in [0.29, 0.717) is 39.5 Å². The normalized spacial score (nSPS) is 34.6. The maximum absolute atomic E-state index is 13.5. The van der Waals surface area contributed by atoms with E-state index in [-0.39, 0.29) is 6.04 Å². The van der Waals surface area contributed by atoms with E-state index >= 15 is 0 Å². The van der Waals surface area contributed by atoms with E-state index in [1.807, 2.05) is 0 Å². The molecule has 3 fully saturated rings. The molecule has 27 heavy (non-hydrogen) atoms. The van der Waals surface area contributed by atoms with Gasteiger partial charge in [-0.2, -0.15) is 4.31 Å². The van der Waals surface area contributed by atoms with Crippen molar-refractivity contribution < 1.29 is 8.42 Å². The molecule has 0 aromatic carbocycles. The highest BCUT2D eigenvalue weighted by atomic mass is 32.2. The Labute approximate surface area is 165 Å². The number of rotatable bonds is 2. The molecule has 2 N–H and O–H groups in total. The Morgan fingerprint density at radius 1 is 1.26 bits per heavy atom. The number of hydrogen-bond donors (Lipinski definition) is 1. The van der Waals surface area contributed by atoms with Crippen LogP contribution in [0.3, 0.4) is 0 Å². The largest absolute Gasteiger partial charge is 0.375 e. The molecule has 5 rings (SSSR count). The van der Waals surface area contributed by atoms with Crippen LogP contribution in [0.15, 0.2) is 15.9 Å². The average molecular weight is 409 g/mol. The molecule has 148 valence electrons. The molecule has 1 aromatic heterocycles. The summed E-state index contributed by atoms with van der Waals surface area (Å²) >= 11 is 1.10. The third-order valence-corrected chi connectivity index (χ3v) is 10.4. The molecule has 3 aliphatic heterocycles. The first-order chi connectivity index (χ1) is 12.9. The van der Waals surface area contributed by atoms with Crippen molar-refractivity contribution in [3.8, 4) is 0 Å². The molecule has 0 unspecified atom stereocenters. The van der Waals surface area contributed by atoms with Crippen molar-refractivity contribution in [2.75, 3.05) is 25.4 Å². The average Bonchev–Trinajstić information content (AvgIpc) is 3.00. The Hall–Kier alpha value is -0.960. The highest BCUT2D eigenvalue weighted by Gasteiger charge is 2.49. The third-order valence-electron chi connectivity index (χ3n) is 6.92. The molecule has 6 nitrogen and oxygen atoms in total. The topological polar surface area (TPSA) is 79.5 Å². The highest BCUT2D eigenvalue weighted by molar-refractivity contribution is 7.91. The Balaban J connectivity index is 1.52. The lowest BCUT2D eigenvalue weighted by Gasteiger charge is -2.54. The van der Waals surface area contributed by atoms with E-state index in [1.54, 1.807) is 11.2 Å². The van der Waals surface area contributed by atoms with Crippen LogP contribution >= 0.6 is 11.3 Å². The van der Waals surface area contributed by atoms with Gasteiger partial charge < -0.3 is 5.73 Å². The lowest BCUT2D eigenvalue weighted by molar-refractivity contribution is 0.0149. The summed E-state index contributed by atoms with van der Waals surface area (Å²) in [4.78, 5) is 6.80. The number of nitrogens with two attached hydrogens (primary N) is 1. The first-order valence-electron chi connectivity index (χ1n) is 10.1. The van der Waals surface area contributed by atoms with Crippen molar-refractivity contribution in [1.82, 2.24) is 14.2 Å². The van der Waals surface area contributed by atoms with E-state index in [2.05, 4.69) is 16.0 Å². The summed E-state index contributed by atoms with van der Waals surface area (Å²) < 4.78 is 29.2. The van der Waals surface area contributed by atoms with Gasteiger partial charge in [-0.3, -0.25) is 4.90 Å². The number of sulfonamides is 1. The van der Waals surface area contributed by atoms with Crippen LogP contribution in [0.2, 0.25) is 0 Å². The van der Waals surface area contributed by atoms with Gasteiger partial charge in [-0.1, -0.05) is 29.4 Å². The van der Waals surface area contributed by atoms with E-state index in [1.165, 1.54) is 31.4 Å². The van der Waals surface area contributed by atoms with Crippen LogP contribution in [0.25, 0.3) is 0 Å². The Bertz CT molecular complexity index is 878. The number of anilines is 1. The fraction of sp³-hybridized carbons (Fsp3) is 0.737. The maximum Gasteiger partial charge on any atom is 0.255 e. The molecular formula is C19H28N4O2S2. The van der Waals surface area contributed by atoms with E-state index in [4.69, 9.17) is 5.73 Å². The number of nitrogens with zero attached hydrogens (tertiary/aromatic N) is 3. The third kappa shape index (κ3) is 2.87. The number of thiazole rings is 1. The molecule has 4 heterocycles. The number of nitrogen functional groups attached to an aromatic ring is 1. The fourth-order valence-electron chi connectivity index (χ4n) is 5.94. The smallest absolute Gasteiger partial charge is 0.255 e. The van der Waals surface area contributed by atoms with Gasteiger partial charge in [0.25, 0.3) is 10.0 Å². The van der Waals surface area contributed by atoms with E-state index < -0.39 is 10.0 Å². The van der Waals surface area contributed by atoms with Crippen molar-refractivity contribution in [2.24, 2.45) is 11.8 Å². The maximum atomic E-state index is 13.5. The number of aromatic nitrogens is 1. The summed E-state index contributed by atoms with van der Waals surface area (Å²) in [6, 6.07) is 0.699. The zero-order valence-electron chi connectivity index (χ0n) is 15.8. The fourth-order valence-corrected chi connectivity index (χ4v) is 9.08. The Kier molecular flexibility index (Phi) is 4.38. The van der Waals surface area contributed by atoms with Gasteiger partial charge in [-0.05, 0) is 57.4 Å². The Morgan fingerprint density at radius 2 is 2.11 bits per heavy atom. The van der Waals surface area contributed by atoms with Gasteiger partial charge in [0.05, 0.1) is 11.7 Å². The standard InChI is InChI=1S/C19H28N4O2S2/c1-12-18(26-19(20)21-12)27(24,25)23-8-4-5-13-9-14-10-15(17(13)23)11-22-7-3-2-6-16(14)22/h9,14-17H,2-8,10-11H2,1H3,(H2,20,21)/t14-,15+,16+,17+/m0/s1. The molecule has 0 radical (unpaired) electrons. The van der Waals surface area contributed by atoms with Crippen LogP contribution in [-0.4, -0.2) is 54.3 Å². The second-order valence-corrected chi connectivity index (χ2v) is 11.7. The number of aryl methyl sites for hydroxylation is 1. The second kappa shape index (κ2) is 6.54. The summed E-state index contributed by atoms with van der Waals surface area (Å²) in [5.41, 5.74) is 7.69. The molecule has 0 spiro atoms. The van der Waals surface area contributed by atoms with Crippen LogP contribution in [0.4, 0.5) is 5.13 Å². The monoisotopic (exact) mass is 408 g/mol. The van der Waals surface area contributed by atoms with Gasteiger partial charge in [-0.25, -0.2) is 13.4 Å². The van der Waals surface area contributed by atoms with E-state index in [9.17, 15) is 8.42 Å². The van der Waals surface area contributed by atoms with Gasteiger partial charge >= 0.3 is 0 Å². The van der Waals surface area contributed by atoms with E-state index in [0.717, 1.165) is 37.1 Å². The molecule has 4 aliphatic rings. The van der Waals surface area contributed by atoms with Gasteiger partial charge in [-0.15, -0.1) is 0 Å². The summed E-state index contributed by atoms with van der Waals surface area (Å²) in [5.74, 6) is 1.02. The van der Waals surface area contributed by atoms with Gasteiger partial charge in [0.2, 0.25) is 0 Å². The van der Waals surface area contributed by atoms with Crippen LogP contribution in [-0.2, 0) is 10.0 Å². The van der Waals surface area contributed by atoms with Crippen molar-refractivity contribution in [3.63, 3.8) is 0 Å². The molecular weight excluding hydrogens is 380 g/mol. The van der Waals surface area contributed by atoms with Gasteiger partial charge in [0, 0.05) is 19.1 Å². The molecule has 0 amide bonds. The van der Waals surface area contributed by atoms with Crippen LogP contribution in [0.1, 0.15) is 44.2 Å². The van der Waals surface area contributed by atoms with Crippen molar-refractivity contribution in [2.45, 2.75) is 61.7 Å². The zero-order valence-corrected chi connectivity index (χ0v) is 17.4. The number of hydrogen-bond acceptors (Lipinski definition) is 6. The number of fused-ring (bicyclic) bond motifs is 6. The second-order valence-electron chi connectivity index (χ2n) is 8.55. The van der Waals surface area contributed by atoms with Crippen LogP contribution < -0.4 is 5.73 Å². The molecule has 4 atom stereocenters. The number of piperidine rings is 3. The predicted molar refractivity (Wildman–Crippen MR) is 107 cm³/mol. The predicted octanol–water partition coefficient (Wildman–Crippen LogP) is 2.62. The van der Waals surface area contributed by atoms with Gasteiger partial charge in [0.15, 0.2) is 9.34 Å². The first kappa shape index (κ1) is 18.1. The Morgan fingerprint density at radius 3 is 2.89 bits per heavy atom. The van der Waals surface area contributed by atoms with Crippen molar-refractivity contribution in [3.05, 3.63) is 17.3 Å². The molecule has 8 heteroatoms. The first-order valence-corrected chi connectivity index (χ1v) is 12.4. The summed E-state index contributed by atoms with van der Waals surface area (Å²) in [7, 11) is -3.56. The lowest BCUT2D eigenvalue weighted by Crippen LogP contribution is -2.59. The van der Waals surface area contributed by atoms with Crippen LogP contribution in [0, 0.1) is 18.8 Å². The lowest BCUT2D eigenvalue weighted by atomic mass is 9.68. The highest BCUT2D eigenvalue weighted by Crippen LogP contribution is 2.46. The molecule has 3 saturated heterocycles. The molecule has 1 aliphatic carbocycles. The molecule has 0 saturated carbocycles. The summed E-state index contributed by atoms with van der Waals surface area (Å²) in [6.07, 6.45) is 9.44. The minimum atomic E-state index is -3.56. The van der Waals surface area contributed by atoms with Crippen molar-refractivity contribution >= 4 is 26.5 Å². The van der Waals surface area contributed by atoms with Crippen LogP contribution in [0.5, 0.6) is 0 Å². The van der Waals surface area contributed by atoms with Crippen molar-refractivity contribution in [1.29, 1.82) is 0 Å². The summed E-state index contributed by atoms with van der Waals surface area (Å²) in [6.45, 7) is 4.56. The SMILES string of the molecule is Cc1nc(N)sc1S(=O)(=O)N1CCCC2=C[C@H]3C[C@H](CN4CCCC[C@H]34)[C@@H]21.